The van der Waals surface area contributed by atoms with Gasteiger partial charge in [0.25, 0.3) is 6.43 Å². The molecular formula is C26H26ClF3N8. The molecule has 0 fully saturated rings. The molecule has 3 aromatic heterocycles. The van der Waals surface area contributed by atoms with Gasteiger partial charge in [-0.1, -0.05) is 43.7 Å². The van der Waals surface area contributed by atoms with E-state index in [9.17, 15) is 18.4 Å². The number of nitrogens with one attached hydrogen (secondary N) is 2. The number of aryl methyl sites for hydroxylation is 1. The zero-order chi connectivity index (χ0) is 27.6. The Morgan fingerprint density at radius 3 is 2.63 bits per heavy atom. The second-order valence-corrected chi connectivity index (χ2v) is 10.5. The average molecular weight is 543 g/mol. The number of alkyl halides is 2. The number of rotatable bonds is 8. The third-order valence-corrected chi connectivity index (χ3v) is 6.02. The van der Waals surface area contributed by atoms with Crippen molar-refractivity contribution in [3.63, 3.8) is 0 Å². The van der Waals surface area contributed by atoms with Crippen LogP contribution >= 0.6 is 11.6 Å². The lowest BCUT2D eigenvalue weighted by atomic mass is 9.96. The van der Waals surface area contributed by atoms with Crippen molar-refractivity contribution in [2.75, 3.05) is 17.2 Å². The molecule has 3 heterocycles. The molecule has 0 aliphatic carbocycles. The first-order chi connectivity index (χ1) is 17.9. The first-order valence-corrected chi connectivity index (χ1v) is 12.2. The number of nitriles is 1. The number of hydrogen-bond donors (Lipinski definition) is 2. The second-order valence-electron chi connectivity index (χ2n) is 10.1. The molecule has 198 valence electrons. The van der Waals surface area contributed by atoms with Gasteiger partial charge in [0.1, 0.15) is 18.3 Å². The first kappa shape index (κ1) is 27.1. The van der Waals surface area contributed by atoms with Crippen LogP contribution in [0.5, 0.6) is 0 Å². The molecule has 0 bridgehead atoms. The lowest BCUT2D eigenvalue weighted by molar-refractivity contribution is 0.121. The van der Waals surface area contributed by atoms with E-state index in [-0.39, 0.29) is 5.41 Å². The van der Waals surface area contributed by atoms with E-state index in [1.165, 1.54) is 18.5 Å². The Balaban J connectivity index is 1.82. The molecule has 0 spiro atoms. The minimum atomic E-state index is -2.61. The zero-order valence-corrected chi connectivity index (χ0v) is 22.0. The van der Waals surface area contributed by atoms with Crippen molar-refractivity contribution in [2.45, 2.75) is 46.7 Å². The lowest BCUT2D eigenvalue weighted by Crippen LogP contribution is -2.20. The number of nitrogens with zero attached hydrogens (tertiary/aromatic N) is 6. The first-order valence-electron chi connectivity index (χ1n) is 11.8. The van der Waals surface area contributed by atoms with Crippen LogP contribution in [0.3, 0.4) is 0 Å². The molecule has 0 saturated carbocycles. The van der Waals surface area contributed by atoms with Crippen molar-refractivity contribution in [3.05, 3.63) is 70.1 Å². The van der Waals surface area contributed by atoms with Crippen LogP contribution < -0.4 is 10.6 Å². The fourth-order valence-electron chi connectivity index (χ4n) is 3.97. The highest BCUT2D eigenvalue weighted by molar-refractivity contribution is 6.35. The van der Waals surface area contributed by atoms with Crippen LogP contribution in [0.15, 0.2) is 36.7 Å². The summed E-state index contributed by atoms with van der Waals surface area (Å²) < 4.78 is 40.7. The fraction of sp³-hybridized carbons (Fsp3) is 0.346. The van der Waals surface area contributed by atoms with Crippen molar-refractivity contribution >= 4 is 33.9 Å². The largest absolute Gasteiger partial charge is 0.383 e. The Morgan fingerprint density at radius 2 is 1.97 bits per heavy atom. The maximum Gasteiger partial charge on any atom is 0.257 e. The van der Waals surface area contributed by atoms with Crippen molar-refractivity contribution in [1.29, 1.82) is 5.26 Å². The van der Waals surface area contributed by atoms with Gasteiger partial charge < -0.3 is 10.6 Å². The summed E-state index contributed by atoms with van der Waals surface area (Å²) in [6, 6.07) is 7.68. The predicted octanol–water partition coefficient (Wildman–Crippen LogP) is 6.12. The number of aromatic nitrogens is 5. The number of halogens is 4. The van der Waals surface area contributed by atoms with E-state index < -0.39 is 25.0 Å². The highest BCUT2D eigenvalue weighted by Crippen LogP contribution is 2.36. The topological polar surface area (TPSA) is 104 Å². The van der Waals surface area contributed by atoms with Crippen molar-refractivity contribution < 1.29 is 13.2 Å². The standard InChI is InChI=1S/C26H26ClF3N8/c1-14-17(5-6-22(30)34-14)25(20-11-38(37-36-20)12-21(28)29)35-16-7-18-23(33-13-26(2,3)4)15(9-31)10-32-24(18)19(27)8-16/h5-8,10-11,21,25,35H,12-13H2,1-4H3,(H,32,33). The Bertz CT molecular complexity index is 1510. The zero-order valence-electron chi connectivity index (χ0n) is 21.2. The summed E-state index contributed by atoms with van der Waals surface area (Å²) in [4.78, 5) is 8.28. The molecule has 8 nitrogen and oxygen atoms in total. The van der Waals surface area contributed by atoms with E-state index in [2.05, 4.69) is 57.8 Å². The van der Waals surface area contributed by atoms with Gasteiger partial charge >= 0.3 is 0 Å². The molecule has 0 aliphatic rings. The average Bonchev–Trinajstić information content (AvgIpc) is 3.28. The summed E-state index contributed by atoms with van der Waals surface area (Å²) in [6.07, 6.45) is 0.274. The third-order valence-electron chi connectivity index (χ3n) is 5.73. The van der Waals surface area contributed by atoms with E-state index in [0.717, 1.165) is 4.68 Å². The summed E-state index contributed by atoms with van der Waals surface area (Å²) in [5.41, 5.74) is 3.22. The third kappa shape index (κ3) is 6.14. The molecule has 2 N–H and O–H groups in total. The van der Waals surface area contributed by atoms with Crippen molar-refractivity contribution in [1.82, 2.24) is 25.0 Å². The molecule has 0 saturated heterocycles. The Morgan fingerprint density at radius 1 is 1.21 bits per heavy atom. The fourth-order valence-corrected chi connectivity index (χ4v) is 4.24. The Hall–Kier alpha value is -3.91. The van der Waals surface area contributed by atoms with E-state index >= 15 is 0 Å². The van der Waals surface area contributed by atoms with Crippen LogP contribution in [0, 0.1) is 29.6 Å². The molecule has 4 aromatic rings. The van der Waals surface area contributed by atoms with Crippen LogP contribution in [-0.4, -0.2) is 37.9 Å². The van der Waals surface area contributed by atoms with Crippen molar-refractivity contribution in [2.24, 2.45) is 5.41 Å². The van der Waals surface area contributed by atoms with Gasteiger partial charge in [-0.25, -0.2) is 18.4 Å². The summed E-state index contributed by atoms with van der Waals surface area (Å²) in [5.74, 6) is -0.648. The highest BCUT2D eigenvalue weighted by atomic mass is 35.5. The van der Waals surface area contributed by atoms with Gasteiger partial charge in [-0.3, -0.25) is 4.98 Å². The smallest absolute Gasteiger partial charge is 0.257 e. The van der Waals surface area contributed by atoms with Crippen LogP contribution in [0.1, 0.15) is 49.3 Å². The summed E-state index contributed by atoms with van der Waals surface area (Å²) in [5, 5.41) is 25.3. The SMILES string of the molecule is Cc1nc(F)ccc1C(Nc1cc(Cl)c2ncc(C#N)c(NCC(C)(C)C)c2c1)c1cn(CC(F)F)nn1. The second kappa shape index (κ2) is 10.8. The molecule has 1 atom stereocenters. The minimum Gasteiger partial charge on any atom is -0.383 e. The van der Waals surface area contributed by atoms with Crippen LogP contribution in [0.4, 0.5) is 24.5 Å². The molecule has 1 unspecified atom stereocenters. The normalized spacial score (nSPS) is 12.5. The number of anilines is 2. The molecule has 38 heavy (non-hydrogen) atoms. The molecule has 0 aliphatic heterocycles. The van der Waals surface area contributed by atoms with Crippen LogP contribution in [0.2, 0.25) is 5.02 Å². The molecule has 0 amide bonds. The lowest BCUT2D eigenvalue weighted by Gasteiger charge is -2.23. The van der Waals surface area contributed by atoms with E-state index in [4.69, 9.17) is 11.6 Å². The van der Waals surface area contributed by atoms with Gasteiger partial charge in [-0.2, -0.15) is 9.65 Å². The van der Waals surface area contributed by atoms with E-state index in [1.807, 2.05) is 0 Å². The Labute approximate surface area is 222 Å². The molecule has 12 heteroatoms. The van der Waals surface area contributed by atoms with Gasteiger partial charge in [-0.05, 0) is 30.5 Å². The number of pyridine rings is 2. The minimum absolute atomic E-state index is 0.0652. The Kier molecular flexibility index (Phi) is 7.73. The number of benzene rings is 1. The molecule has 0 radical (unpaired) electrons. The van der Waals surface area contributed by atoms with Crippen molar-refractivity contribution in [3.8, 4) is 6.07 Å². The monoisotopic (exact) mass is 542 g/mol. The number of fused-ring (bicyclic) bond motifs is 1. The van der Waals surface area contributed by atoms with E-state index in [0.29, 0.717) is 56.4 Å². The summed E-state index contributed by atoms with van der Waals surface area (Å²) in [6.45, 7) is 7.82. The number of hydrogen-bond acceptors (Lipinski definition) is 7. The molecule has 1 aromatic carbocycles. The molecular weight excluding hydrogens is 517 g/mol. The highest BCUT2D eigenvalue weighted by Gasteiger charge is 2.23. The van der Waals surface area contributed by atoms with E-state index in [1.54, 1.807) is 25.1 Å². The van der Waals surface area contributed by atoms with Gasteiger partial charge in [0, 0.05) is 35.1 Å². The quantitative estimate of drug-likeness (QED) is 0.258. The van der Waals surface area contributed by atoms with Gasteiger partial charge in [0.2, 0.25) is 5.95 Å². The maximum absolute atomic E-state index is 13.8. The maximum atomic E-state index is 13.8. The van der Waals surface area contributed by atoms with Crippen LogP contribution in [-0.2, 0) is 6.54 Å². The van der Waals surface area contributed by atoms with Gasteiger partial charge in [-0.15, -0.1) is 5.10 Å². The summed E-state index contributed by atoms with van der Waals surface area (Å²) in [7, 11) is 0. The van der Waals surface area contributed by atoms with Crippen LogP contribution in [0.25, 0.3) is 10.9 Å². The summed E-state index contributed by atoms with van der Waals surface area (Å²) >= 11 is 6.62. The molecule has 4 rings (SSSR count). The predicted molar refractivity (Wildman–Crippen MR) is 140 cm³/mol. The van der Waals surface area contributed by atoms with Gasteiger partial charge in [0.15, 0.2) is 0 Å². The van der Waals surface area contributed by atoms with Gasteiger partial charge in [0.05, 0.1) is 34.0 Å².